The van der Waals surface area contributed by atoms with Crippen LogP contribution in [0, 0.1) is 0 Å². The van der Waals surface area contributed by atoms with Crippen LogP contribution in [0.4, 0.5) is 4.79 Å². The Morgan fingerprint density at radius 2 is 2.00 bits per heavy atom. The van der Waals surface area contributed by atoms with E-state index < -0.39 is 18.0 Å². The Morgan fingerprint density at radius 3 is 2.53 bits per heavy atom. The Kier molecular flexibility index (Phi) is 8.76. The molecule has 19 heavy (non-hydrogen) atoms. The molecule has 0 aliphatic heterocycles. The first-order chi connectivity index (χ1) is 9.01. The first-order valence-corrected chi connectivity index (χ1v) is 6.03. The molecule has 0 heterocycles. The molecule has 8 heteroatoms. The molecule has 0 rings (SSSR count). The van der Waals surface area contributed by atoms with Gasteiger partial charge in [0.25, 0.3) is 0 Å². The second-order valence-electron chi connectivity index (χ2n) is 3.87. The lowest BCUT2D eigenvalue weighted by atomic mass is 10.0. The van der Waals surface area contributed by atoms with Crippen molar-refractivity contribution in [2.75, 3.05) is 13.1 Å². The van der Waals surface area contributed by atoms with Gasteiger partial charge in [-0.1, -0.05) is 6.92 Å². The van der Waals surface area contributed by atoms with Crippen LogP contribution in [0.2, 0.25) is 0 Å². The lowest BCUT2D eigenvalue weighted by Crippen LogP contribution is -2.44. The van der Waals surface area contributed by atoms with Gasteiger partial charge in [-0.05, 0) is 12.8 Å². The van der Waals surface area contributed by atoms with Gasteiger partial charge < -0.3 is 21.7 Å². The molecule has 0 aromatic heterocycles. The summed E-state index contributed by atoms with van der Waals surface area (Å²) in [6, 6.07) is -1.24. The van der Waals surface area contributed by atoms with E-state index in [0.29, 0.717) is 32.2 Å². The summed E-state index contributed by atoms with van der Waals surface area (Å²) in [7, 11) is 0. The maximum absolute atomic E-state index is 11.6. The predicted molar refractivity (Wildman–Crippen MR) is 68.1 cm³/mol. The van der Waals surface area contributed by atoms with Gasteiger partial charge in [0.1, 0.15) is 0 Å². The van der Waals surface area contributed by atoms with Gasteiger partial charge in [0.05, 0.1) is 12.6 Å². The first-order valence-electron chi connectivity index (χ1n) is 6.03. The molecular weight excluding hydrogens is 252 g/mol. The molecule has 0 aliphatic carbocycles. The topological polar surface area (TPSA) is 130 Å². The maximum Gasteiger partial charge on any atom is 0.312 e. The summed E-state index contributed by atoms with van der Waals surface area (Å²) < 4.78 is 0. The summed E-state index contributed by atoms with van der Waals surface area (Å²) in [4.78, 5) is 43.5. The average Bonchev–Trinajstić information content (AvgIpc) is 2.38. The van der Waals surface area contributed by atoms with E-state index in [9.17, 15) is 19.2 Å². The van der Waals surface area contributed by atoms with Crippen molar-refractivity contribution in [2.45, 2.75) is 32.2 Å². The molecule has 4 amide bonds. The fourth-order valence-corrected chi connectivity index (χ4v) is 1.46. The quantitative estimate of drug-likeness (QED) is 0.289. The summed E-state index contributed by atoms with van der Waals surface area (Å²) in [6.45, 7) is 1.87. The number of rotatable bonds is 10. The van der Waals surface area contributed by atoms with Crippen molar-refractivity contribution >= 4 is 24.1 Å². The van der Waals surface area contributed by atoms with Crippen molar-refractivity contribution in [3.63, 3.8) is 0 Å². The number of carbonyl (C=O) groups is 4. The number of hydrogen-bond donors (Lipinski definition) is 4. The number of amides is 4. The highest BCUT2D eigenvalue weighted by Gasteiger charge is 2.18. The lowest BCUT2D eigenvalue weighted by molar-refractivity contribution is -0.127. The third-order valence-electron chi connectivity index (χ3n) is 2.39. The summed E-state index contributed by atoms with van der Waals surface area (Å²) in [5, 5.41) is 7.15. The molecule has 0 aromatic carbocycles. The van der Waals surface area contributed by atoms with Crippen molar-refractivity contribution in [3.05, 3.63) is 0 Å². The number of nitrogens with two attached hydrogens (primary N) is 1. The van der Waals surface area contributed by atoms with Crippen LogP contribution in [0.5, 0.6) is 0 Å². The Morgan fingerprint density at radius 1 is 1.32 bits per heavy atom. The second kappa shape index (κ2) is 9.86. The first kappa shape index (κ1) is 16.9. The molecule has 0 aromatic rings. The average molecular weight is 272 g/mol. The van der Waals surface area contributed by atoms with Gasteiger partial charge in [0, 0.05) is 13.0 Å². The van der Waals surface area contributed by atoms with E-state index in [4.69, 9.17) is 5.73 Å². The fourth-order valence-electron chi connectivity index (χ4n) is 1.46. The highest BCUT2D eigenvalue weighted by atomic mass is 16.2. The van der Waals surface area contributed by atoms with Crippen molar-refractivity contribution in [2.24, 2.45) is 5.73 Å². The van der Waals surface area contributed by atoms with Gasteiger partial charge in [-0.25, -0.2) is 4.79 Å². The number of Topliss-reactive ketones (excluding diaryl/α,β-unsaturated/α-hetero) is 1. The number of carbonyl (C=O) groups excluding carboxylic acids is 4. The van der Waals surface area contributed by atoms with E-state index >= 15 is 0 Å². The molecule has 0 fully saturated rings. The minimum Gasteiger partial charge on any atom is -0.352 e. The van der Waals surface area contributed by atoms with E-state index in [1.807, 2.05) is 0 Å². The van der Waals surface area contributed by atoms with Crippen LogP contribution in [0.1, 0.15) is 26.2 Å². The summed E-state index contributed by atoms with van der Waals surface area (Å²) in [6.07, 6.45) is 1.63. The van der Waals surface area contributed by atoms with Crippen molar-refractivity contribution < 1.29 is 19.2 Å². The number of primary amides is 1. The standard InChI is InChI=1S/C11H20N4O4/c1-2-9(17)8(4-3-5-14-11(12)19)15-10(18)6-13-7-16/h7-8H,2-6H2,1H3,(H,13,16)(H,15,18)(H3,12,14,19). The normalized spacial score (nSPS) is 11.2. The SMILES string of the molecule is CCC(=O)C(CCCNC(N)=O)NC(=O)CNC=O. The van der Waals surface area contributed by atoms with Crippen LogP contribution >= 0.6 is 0 Å². The molecule has 0 aliphatic rings. The molecular formula is C11H20N4O4. The molecule has 5 N–H and O–H groups in total. The molecule has 1 unspecified atom stereocenters. The monoisotopic (exact) mass is 272 g/mol. The second-order valence-corrected chi connectivity index (χ2v) is 3.87. The highest BCUT2D eigenvalue weighted by Crippen LogP contribution is 2.01. The molecule has 0 saturated heterocycles. The van der Waals surface area contributed by atoms with Crippen LogP contribution in [0.25, 0.3) is 0 Å². The zero-order chi connectivity index (χ0) is 14.7. The predicted octanol–water partition coefficient (Wildman–Crippen LogP) is -1.36. The smallest absolute Gasteiger partial charge is 0.312 e. The Balaban J connectivity index is 4.15. The van der Waals surface area contributed by atoms with Crippen LogP contribution < -0.4 is 21.7 Å². The minimum atomic E-state index is -0.627. The number of nitrogens with one attached hydrogen (secondary N) is 3. The Bertz CT molecular complexity index is 333. The zero-order valence-electron chi connectivity index (χ0n) is 10.9. The maximum atomic E-state index is 11.6. The van der Waals surface area contributed by atoms with Gasteiger partial charge in [-0.15, -0.1) is 0 Å². The number of urea groups is 1. The molecule has 0 spiro atoms. The minimum absolute atomic E-state index is 0.0986. The van der Waals surface area contributed by atoms with E-state index in [2.05, 4.69) is 16.0 Å². The van der Waals surface area contributed by atoms with E-state index in [0.717, 1.165) is 0 Å². The lowest BCUT2D eigenvalue weighted by Gasteiger charge is -2.17. The number of hydrogen-bond acceptors (Lipinski definition) is 4. The summed E-state index contributed by atoms with van der Waals surface area (Å²) >= 11 is 0. The third kappa shape index (κ3) is 8.58. The van der Waals surface area contributed by atoms with Gasteiger partial charge in [-0.2, -0.15) is 0 Å². The fraction of sp³-hybridized carbons (Fsp3) is 0.636. The van der Waals surface area contributed by atoms with Crippen LogP contribution in [0.3, 0.4) is 0 Å². The zero-order valence-corrected chi connectivity index (χ0v) is 10.9. The van der Waals surface area contributed by atoms with Gasteiger partial charge in [0.2, 0.25) is 12.3 Å². The van der Waals surface area contributed by atoms with Gasteiger partial charge >= 0.3 is 6.03 Å². The van der Waals surface area contributed by atoms with E-state index in [1.54, 1.807) is 6.92 Å². The summed E-state index contributed by atoms with van der Waals surface area (Å²) in [5.74, 6) is -0.528. The highest BCUT2D eigenvalue weighted by molar-refractivity contribution is 5.89. The van der Waals surface area contributed by atoms with Crippen LogP contribution in [-0.4, -0.2) is 43.3 Å². The Labute approximate surface area is 111 Å². The van der Waals surface area contributed by atoms with E-state index in [1.165, 1.54) is 0 Å². The van der Waals surface area contributed by atoms with Crippen LogP contribution in [-0.2, 0) is 14.4 Å². The van der Waals surface area contributed by atoms with E-state index in [-0.39, 0.29) is 12.3 Å². The van der Waals surface area contributed by atoms with Gasteiger partial charge in [0.15, 0.2) is 5.78 Å². The van der Waals surface area contributed by atoms with Crippen molar-refractivity contribution in [1.82, 2.24) is 16.0 Å². The molecule has 8 nitrogen and oxygen atoms in total. The summed E-state index contributed by atoms with van der Waals surface area (Å²) in [5.41, 5.74) is 4.90. The Hall–Kier alpha value is -2.12. The molecule has 0 saturated carbocycles. The van der Waals surface area contributed by atoms with Crippen molar-refractivity contribution in [1.29, 1.82) is 0 Å². The molecule has 0 bridgehead atoms. The van der Waals surface area contributed by atoms with Crippen molar-refractivity contribution in [3.8, 4) is 0 Å². The largest absolute Gasteiger partial charge is 0.352 e. The molecule has 1 atom stereocenters. The molecule has 108 valence electrons. The number of ketones is 1. The van der Waals surface area contributed by atoms with Gasteiger partial charge in [-0.3, -0.25) is 14.4 Å². The third-order valence-corrected chi connectivity index (χ3v) is 2.39. The molecule has 0 radical (unpaired) electrons. The van der Waals surface area contributed by atoms with Crippen LogP contribution in [0.15, 0.2) is 0 Å².